The summed E-state index contributed by atoms with van der Waals surface area (Å²) in [6, 6.07) is 12.2. The smallest absolute Gasteiger partial charge is 0.254 e. The number of hydrogen-bond acceptors (Lipinski definition) is 3. The van der Waals surface area contributed by atoms with Gasteiger partial charge in [0, 0.05) is 30.2 Å². The number of likely N-dealkylation sites (tertiary alicyclic amines) is 1. The summed E-state index contributed by atoms with van der Waals surface area (Å²) in [6.45, 7) is 6.77. The molecule has 0 bridgehead atoms. The van der Waals surface area contributed by atoms with E-state index in [1.54, 1.807) is 0 Å². The summed E-state index contributed by atoms with van der Waals surface area (Å²) >= 11 is 0. The maximum absolute atomic E-state index is 13.5. The highest BCUT2D eigenvalue weighted by molar-refractivity contribution is 5.79. The second-order valence-electron chi connectivity index (χ2n) is 10.2. The van der Waals surface area contributed by atoms with Crippen LogP contribution in [0.3, 0.4) is 0 Å². The molecular formula is C27H41N3O. The third-order valence-electron chi connectivity index (χ3n) is 7.86. The van der Waals surface area contributed by atoms with Gasteiger partial charge in [0.1, 0.15) is 0 Å². The summed E-state index contributed by atoms with van der Waals surface area (Å²) in [7, 11) is 0. The molecule has 1 aliphatic carbocycles. The van der Waals surface area contributed by atoms with Gasteiger partial charge in [0.05, 0.1) is 5.52 Å². The minimum atomic E-state index is 0.219. The van der Waals surface area contributed by atoms with Gasteiger partial charge < -0.3 is 10.3 Å². The fourth-order valence-corrected chi connectivity index (χ4v) is 6.03. The Morgan fingerprint density at radius 3 is 2.42 bits per heavy atom. The number of benzene rings is 1. The predicted molar refractivity (Wildman–Crippen MR) is 131 cm³/mol. The highest BCUT2D eigenvalue weighted by atomic mass is 16.1. The predicted octanol–water partition coefficient (Wildman–Crippen LogP) is 5.42. The van der Waals surface area contributed by atoms with E-state index in [-0.39, 0.29) is 11.6 Å². The van der Waals surface area contributed by atoms with Crippen LogP contribution in [-0.2, 0) is 6.54 Å². The van der Waals surface area contributed by atoms with Gasteiger partial charge in [-0.3, -0.25) is 9.69 Å². The second-order valence-corrected chi connectivity index (χ2v) is 10.2. The van der Waals surface area contributed by atoms with Crippen molar-refractivity contribution in [3.05, 3.63) is 46.2 Å². The Kier molecular flexibility index (Phi) is 7.50. The molecule has 1 saturated carbocycles. The largest absolute Gasteiger partial charge is 0.328 e. The van der Waals surface area contributed by atoms with Crippen LogP contribution in [0.4, 0.5) is 0 Å². The maximum atomic E-state index is 13.5. The van der Waals surface area contributed by atoms with E-state index in [1.807, 2.05) is 6.07 Å². The minimum absolute atomic E-state index is 0.219. The van der Waals surface area contributed by atoms with E-state index in [0.717, 1.165) is 49.7 Å². The zero-order chi connectivity index (χ0) is 21.8. The van der Waals surface area contributed by atoms with E-state index in [9.17, 15) is 4.79 Å². The molecule has 1 aromatic heterocycles. The topological polar surface area (TPSA) is 51.3 Å². The molecule has 2 N–H and O–H groups in total. The Morgan fingerprint density at radius 1 is 0.935 bits per heavy atom. The molecule has 0 amide bonds. The maximum Gasteiger partial charge on any atom is 0.254 e. The van der Waals surface area contributed by atoms with Crippen LogP contribution in [0, 0.1) is 0 Å². The molecule has 4 atom stereocenters. The third-order valence-corrected chi connectivity index (χ3v) is 7.86. The lowest BCUT2D eigenvalue weighted by Crippen LogP contribution is -2.44. The third kappa shape index (κ3) is 5.23. The molecule has 4 rings (SSSR count). The number of hydrogen-bond donors (Lipinski definition) is 1. The molecule has 0 radical (unpaired) electrons. The van der Waals surface area contributed by atoms with Gasteiger partial charge in [-0.25, -0.2) is 0 Å². The first kappa shape index (κ1) is 22.5. The molecule has 1 aromatic carbocycles. The fraction of sp³-hybridized carbons (Fsp3) is 0.667. The molecule has 2 heterocycles. The van der Waals surface area contributed by atoms with Crippen molar-refractivity contribution in [1.82, 2.24) is 9.47 Å². The normalized spacial score (nSPS) is 27.6. The van der Waals surface area contributed by atoms with Crippen molar-refractivity contribution in [3.8, 4) is 0 Å². The number of para-hydroxylation sites is 1. The summed E-state index contributed by atoms with van der Waals surface area (Å²) in [4.78, 5) is 16.2. The average molecular weight is 424 g/mol. The molecule has 0 spiro atoms. The quantitative estimate of drug-likeness (QED) is 0.605. The Morgan fingerprint density at radius 2 is 1.65 bits per heavy atom. The molecule has 2 fully saturated rings. The zero-order valence-electron chi connectivity index (χ0n) is 19.6. The molecule has 4 unspecified atom stereocenters. The van der Waals surface area contributed by atoms with Gasteiger partial charge in [0.2, 0.25) is 0 Å². The SMILES string of the molecule is CC1CCCC(C)N1CCCCCn1c(=O)c(C2CCCC(N)C2)cc2ccccc21. The van der Waals surface area contributed by atoms with E-state index in [2.05, 4.69) is 47.6 Å². The van der Waals surface area contributed by atoms with E-state index in [0.29, 0.717) is 18.0 Å². The lowest BCUT2D eigenvalue weighted by Gasteiger charge is -2.39. The number of nitrogens with two attached hydrogens (primary N) is 1. The molecule has 2 aliphatic rings. The Labute approximate surface area is 187 Å². The molecule has 170 valence electrons. The van der Waals surface area contributed by atoms with Gasteiger partial charge in [-0.15, -0.1) is 0 Å². The number of aromatic nitrogens is 1. The van der Waals surface area contributed by atoms with E-state index < -0.39 is 0 Å². The molecule has 1 aliphatic heterocycles. The van der Waals surface area contributed by atoms with Crippen LogP contribution in [0.25, 0.3) is 10.9 Å². The van der Waals surface area contributed by atoms with Crippen LogP contribution in [0.15, 0.2) is 35.1 Å². The van der Waals surface area contributed by atoms with Gasteiger partial charge in [-0.05, 0) is 88.8 Å². The lowest BCUT2D eigenvalue weighted by atomic mass is 9.82. The molecule has 4 heteroatoms. The van der Waals surface area contributed by atoms with Crippen molar-refractivity contribution < 1.29 is 0 Å². The molecule has 31 heavy (non-hydrogen) atoms. The number of rotatable bonds is 7. The lowest BCUT2D eigenvalue weighted by molar-refractivity contribution is 0.101. The minimum Gasteiger partial charge on any atom is -0.328 e. The number of pyridine rings is 1. The highest BCUT2D eigenvalue weighted by Crippen LogP contribution is 2.32. The zero-order valence-corrected chi connectivity index (χ0v) is 19.6. The molecule has 2 aromatic rings. The van der Waals surface area contributed by atoms with Crippen molar-refractivity contribution in [3.63, 3.8) is 0 Å². The second kappa shape index (κ2) is 10.3. The Hall–Kier alpha value is -1.65. The first-order valence-corrected chi connectivity index (χ1v) is 12.7. The Bertz CT molecular complexity index is 910. The molecule has 1 saturated heterocycles. The van der Waals surface area contributed by atoms with Crippen LogP contribution in [-0.4, -0.2) is 34.1 Å². The van der Waals surface area contributed by atoms with E-state index >= 15 is 0 Å². The summed E-state index contributed by atoms with van der Waals surface area (Å²) in [5.41, 5.74) is 8.53. The number of piperidine rings is 1. The van der Waals surface area contributed by atoms with Crippen LogP contribution in [0.1, 0.15) is 89.5 Å². The average Bonchev–Trinajstić information content (AvgIpc) is 2.76. The number of fused-ring (bicyclic) bond motifs is 1. The number of aryl methyl sites for hydroxylation is 1. The van der Waals surface area contributed by atoms with Gasteiger partial charge in [-0.1, -0.05) is 37.5 Å². The van der Waals surface area contributed by atoms with Crippen molar-refractivity contribution in [2.24, 2.45) is 5.73 Å². The summed E-state index contributed by atoms with van der Waals surface area (Å²) in [6.07, 6.45) is 11.8. The van der Waals surface area contributed by atoms with Gasteiger partial charge in [0.15, 0.2) is 0 Å². The first-order chi connectivity index (χ1) is 15.0. The van der Waals surface area contributed by atoms with Crippen molar-refractivity contribution in [2.75, 3.05) is 6.54 Å². The van der Waals surface area contributed by atoms with Gasteiger partial charge >= 0.3 is 0 Å². The molecular weight excluding hydrogens is 382 g/mol. The van der Waals surface area contributed by atoms with Crippen LogP contribution in [0.5, 0.6) is 0 Å². The highest BCUT2D eigenvalue weighted by Gasteiger charge is 2.25. The van der Waals surface area contributed by atoms with Gasteiger partial charge in [-0.2, -0.15) is 0 Å². The molecule has 4 nitrogen and oxygen atoms in total. The van der Waals surface area contributed by atoms with E-state index in [4.69, 9.17) is 5.73 Å². The number of unbranched alkanes of at least 4 members (excludes halogenated alkanes) is 2. The van der Waals surface area contributed by atoms with Gasteiger partial charge in [0.25, 0.3) is 5.56 Å². The van der Waals surface area contributed by atoms with Crippen LogP contribution < -0.4 is 11.3 Å². The van der Waals surface area contributed by atoms with Crippen molar-refractivity contribution >= 4 is 10.9 Å². The summed E-state index contributed by atoms with van der Waals surface area (Å²) in [5.74, 6) is 0.314. The monoisotopic (exact) mass is 423 g/mol. The van der Waals surface area contributed by atoms with Crippen LogP contribution in [0.2, 0.25) is 0 Å². The van der Waals surface area contributed by atoms with Crippen molar-refractivity contribution in [2.45, 2.75) is 109 Å². The fourth-order valence-electron chi connectivity index (χ4n) is 6.03. The summed E-state index contributed by atoms with van der Waals surface area (Å²) < 4.78 is 2.05. The summed E-state index contributed by atoms with van der Waals surface area (Å²) in [5, 5.41) is 1.19. The van der Waals surface area contributed by atoms with E-state index in [1.165, 1.54) is 44.0 Å². The first-order valence-electron chi connectivity index (χ1n) is 12.7. The van der Waals surface area contributed by atoms with Crippen molar-refractivity contribution in [1.29, 1.82) is 0 Å². The van der Waals surface area contributed by atoms with Crippen LogP contribution >= 0.6 is 0 Å². The number of nitrogens with zero attached hydrogens (tertiary/aromatic N) is 2. The standard InChI is InChI=1S/C27H41N3O/c1-20-10-8-11-21(2)29(20)16-6-3-7-17-30-26-15-5-4-12-23(26)19-25(27(30)31)22-13-9-14-24(28)18-22/h4-5,12,15,19-22,24H,3,6-11,13-14,16-18,28H2,1-2H3. The Balaban J connectivity index is 1.44.